The Hall–Kier alpha value is -3.15. The fourth-order valence-corrected chi connectivity index (χ4v) is 8.05. The average molecular weight is 685 g/mol. The van der Waals surface area contributed by atoms with Gasteiger partial charge in [0.05, 0.1) is 18.9 Å². The molecule has 3 aliphatic heterocycles. The zero-order chi connectivity index (χ0) is 35.1. The van der Waals surface area contributed by atoms with Gasteiger partial charge in [-0.05, 0) is 58.1 Å². The highest BCUT2D eigenvalue weighted by Gasteiger charge is 2.61. The van der Waals surface area contributed by atoms with Crippen LogP contribution in [0.15, 0.2) is 10.9 Å². The van der Waals surface area contributed by atoms with Gasteiger partial charge in [0.25, 0.3) is 5.56 Å². The topological polar surface area (TPSA) is 201 Å². The van der Waals surface area contributed by atoms with Crippen LogP contribution in [-0.2, 0) is 47.7 Å². The Morgan fingerprint density at radius 1 is 1.06 bits per heavy atom. The Kier molecular flexibility index (Phi) is 10.5. The maximum Gasteiger partial charge on any atom is 0.308 e. The molecule has 268 valence electrons. The van der Waals surface area contributed by atoms with E-state index in [0.717, 1.165) is 25.8 Å². The van der Waals surface area contributed by atoms with E-state index in [4.69, 9.17) is 33.3 Å². The van der Waals surface area contributed by atoms with Gasteiger partial charge in [-0.25, -0.2) is 14.5 Å². The number of halogens is 1. The van der Waals surface area contributed by atoms with Crippen molar-refractivity contribution in [2.45, 2.75) is 121 Å². The molecule has 1 saturated carbocycles. The van der Waals surface area contributed by atoms with E-state index in [-0.39, 0.29) is 41.2 Å². The first kappa shape index (κ1) is 36.1. The number of pyridine rings is 1. The fourth-order valence-electron chi connectivity index (χ4n) is 8.05. The molecule has 1 aromatic rings. The second-order valence-electron chi connectivity index (χ2n) is 13.6. The normalized spacial score (nSPS) is 39.2. The molecule has 0 amide bonds. The van der Waals surface area contributed by atoms with Crippen LogP contribution in [-0.4, -0.2) is 82.5 Å². The van der Waals surface area contributed by atoms with Gasteiger partial charge in [-0.2, -0.15) is 0 Å². The molecule has 15 nitrogen and oxygen atoms in total. The van der Waals surface area contributed by atoms with Gasteiger partial charge < -0.3 is 38.8 Å². The SMILES string of the molecule is CNC12CCC(C)(OO)OC3OC(OC(=O)CCC(=O)OC4C(C)OC(c5cc(F)c(=O)[nH]c5O)C4OC(C)=O)C(C)C(CCC1C)C32. The van der Waals surface area contributed by atoms with E-state index in [1.54, 1.807) is 6.92 Å². The minimum Gasteiger partial charge on any atom is -0.494 e. The van der Waals surface area contributed by atoms with Gasteiger partial charge in [-0.3, -0.25) is 24.2 Å². The van der Waals surface area contributed by atoms with Gasteiger partial charge in [-0.1, -0.05) is 13.8 Å². The average Bonchev–Trinajstić information content (AvgIpc) is 3.24. The lowest BCUT2D eigenvalue weighted by Gasteiger charge is -2.57. The molecular weight excluding hydrogens is 639 g/mol. The minimum atomic E-state index is -1.33. The number of aromatic nitrogens is 1. The first-order valence-electron chi connectivity index (χ1n) is 16.3. The number of rotatable bonds is 9. The van der Waals surface area contributed by atoms with E-state index in [9.17, 15) is 33.9 Å². The summed E-state index contributed by atoms with van der Waals surface area (Å²) in [5.74, 6) is -5.52. The molecule has 48 heavy (non-hydrogen) atoms. The van der Waals surface area contributed by atoms with Crippen molar-refractivity contribution in [2.75, 3.05) is 7.05 Å². The number of esters is 3. The van der Waals surface area contributed by atoms with Gasteiger partial charge in [0.1, 0.15) is 6.10 Å². The highest BCUT2D eigenvalue weighted by molar-refractivity contribution is 5.78. The highest BCUT2D eigenvalue weighted by atomic mass is 19.1. The Balaban J connectivity index is 1.23. The van der Waals surface area contributed by atoms with Crippen LogP contribution >= 0.6 is 0 Å². The molecule has 0 radical (unpaired) electrons. The largest absolute Gasteiger partial charge is 0.494 e. The van der Waals surface area contributed by atoms with Crippen LogP contribution in [0, 0.1) is 29.5 Å². The Morgan fingerprint density at radius 2 is 1.75 bits per heavy atom. The van der Waals surface area contributed by atoms with E-state index in [0.29, 0.717) is 12.8 Å². The van der Waals surface area contributed by atoms with Crippen LogP contribution in [0.3, 0.4) is 0 Å². The molecule has 0 spiro atoms. The maximum absolute atomic E-state index is 14.1. The maximum atomic E-state index is 14.1. The highest BCUT2D eigenvalue weighted by Crippen LogP contribution is 2.55. The lowest BCUT2D eigenvalue weighted by atomic mass is 9.56. The lowest BCUT2D eigenvalue weighted by Crippen LogP contribution is -2.66. The van der Waals surface area contributed by atoms with Crippen LogP contribution in [0.2, 0.25) is 0 Å². The number of H-pyrrole nitrogens is 1. The molecule has 1 aromatic heterocycles. The molecule has 16 heteroatoms. The van der Waals surface area contributed by atoms with Crippen molar-refractivity contribution in [3.63, 3.8) is 0 Å². The molecule has 5 rings (SSSR count). The van der Waals surface area contributed by atoms with Crippen LogP contribution in [0.1, 0.15) is 84.8 Å². The second kappa shape index (κ2) is 14.0. The summed E-state index contributed by atoms with van der Waals surface area (Å²) in [6.45, 7) is 8.40. The third kappa shape index (κ3) is 6.83. The molecule has 4 fully saturated rings. The number of hydrogen-bond acceptors (Lipinski definition) is 14. The molecule has 4 heterocycles. The van der Waals surface area contributed by atoms with Crippen LogP contribution in [0.5, 0.6) is 5.88 Å². The summed E-state index contributed by atoms with van der Waals surface area (Å²) in [6, 6.07) is 0.753. The lowest BCUT2D eigenvalue weighted by molar-refractivity contribution is -0.442. The number of carbonyl (C=O) groups excluding carboxylic acids is 3. The summed E-state index contributed by atoms with van der Waals surface area (Å²) in [5, 5.41) is 23.5. The molecule has 4 N–H and O–H groups in total. The smallest absolute Gasteiger partial charge is 0.308 e. The first-order valence-corrected chi connectivity index (χ1v) is 16.3. The Labute approximate surface area is 276 Å². The fraction of sp³-hybridized carbons (Fsp3) is 0.750. The van der Waals surface area contributed by atoms with Crippen LogP contribution in [0.4, 0.5) is 4.39 Å². The van der Waals surface area contributed by atoms with Gasteiger partial charge in [-0.15, -0.1) is 0 Å². The second-order valence-corrected chi connectivity index (χ2v) is 13.6. The molecule has 12 atom stereocenters. The monoisotopic (exact) mass is 684 g/mol. The summed E-state index contributed by atoms with van der Waals surface area (Å²) in [7, 11) is 1.91. The van der Waals surface area contributed by atoms with Gasteiger partial charge in [0.15, 0.2) is 30.2 Å². The number of nitrogens with one attached hydrogen (secondary N) is 2. The van der Waals surface area contributed by atoms with E-state index < -0.39 is 84.4 Å². The first-order chi connectivity index (χ1) is 22.6. The number of carbonyl (C=O) groups is 3. The zero-order valence-electron chi connectivity index (χ0n) is 27.9. The third-order valence-electron chi connectivity index (χ3n) is 10.7. The molecule has 0 aromatic carbocycles. The van der Waals surface area contributed by atoms with Crippen LogP contribution < -0.4 is 10.9 Å². The predicted octanol–water partition coefficient (Wildman–Crippen LogP) is 2.80. The van der Waals surface area contributed by atoms with Crippen LogP contribution in [0.25, 0.3) is 0 Å². The van der Waals surface area contributed by atoms with Crippen molar-refractivity contribution < 1.29 is 62.4 Å². The summed E-state index contributed by atoms with van der Waals surface area (Å²) in [6.07, 6.45) is -4.40. The molecule has 0 bridgehead atoms. The van der Waals surface area contributed by atoms with E-state index in [1.165, 1.54) is 6.92 Å². The molecule has 4 aliphatic rings. The van der Waals surface area contributed by atoms with E-state index >= 15 is 0 Å². The van der Waals surface area contributed by atoms with Crippen molar-refractivity contribution in [2.24, 2.45) is 23.7 Å². The summed E-state index contributed by atoms with van der Waals surface area (Å²) in [5.41, 5.74) is -1.72. The summed E-state index contributed by atoms with van der Waals surface area (Å²) >= 11 is 0. The van der Waals surface area contributed by atoms with Crippen molar-refractivity contribution in [1.29, 1.82) is 0 Å². The molecule has 12 unspecified atom stereocenters. The van der Waals surface area contributed by atoms with Gasteiger partial charge in [0, 0.05) is 36.3 Å². The van der Waals surface area contributed by atoms with Crippen molar-refractivity contribution in [3.05, 3.63) is 27.8 Å². The van der Waals surface area contributed by atoms with E-state index in [1.807, 2.05) is 19.0 Å². The molecule has 1 aliphatic carbocycles. The third-order valence-corrected chi connectivity index (χ3v) is 10.7. The number of hydrogen-bond donors (Lipinski definition) is 4. The standard InChI is InChI=1S/C32H45FN2O13/c1-14-7-8-18-15(2)29(46-30-23(18)32(14,34-6)12-11-31(5,47-30)48-41)45-22(38)10-9-21(37)44-24-16(3)42-25(26(24)43-17(4)36)19-13-20(33)28(40)35-27(19)39/h13-16,18,23-26,29-30,34,41H,7-12H2,1-6H3,(H2,35,39,40). The molecule has 3 saturated heterocycles. The Bertz CT molecular complexity index is 1440. The zero-order valence-corrected chi connectivity index (χ0v) is 27.9. The predicted molar refractivity (Wildman–Crippen MR) is 160 cm³/mol. The van der Waals surface area contributed by atoms with Crippen molar-refractivity contribution >= 4 is 17.9 Å². The summed E-state index contributed by atoms with van der Waals surface area (Å²) < 4.78 is 48.9. The quantitative estimate of drug-likeness (QED) is 0.128. The van der Waals surface area contributed by atoms with E-state index in [2.05, 4.69) is 12.2 Å². The number of aromatic amines is 1. The number of ether oxygens (including phenoxy) is 6. The molecular formula is C32H45FN2O13. The van der Waals surface area contributed by atoms with Gasteiger partial charge in [0.2, 0.25) is 12.1 Å². The van der Waals surface area contributed by atoms with Gasteiger partial charge >= 0.3 is 17.9 Å². The Morgan fingerprint density at radius 3 is 2.40 bits per heavy atom. The van der Waals surface area contributed by atoms with Crippen molar-refractivity contribution in [1.82, 2.24) is 10.3 Å². The van der Waals surface area contributed by atoms with Crippen molar-refractivity contribution in [3.8, 4) is 5.88 Å². The minimum absolute atomic E-state index is 0.0570. The number of aromatic hydroxyl groups is 1. The summed E-state index contributed by atoms with van der Waals surface area (Å²) in [4.78, 5) is 56.2.